The fourth-order valence-electron chi connectivity index (χ4n) is 2.54. The highest BCUT2D eigenvalue weighted by Gasteiger charge is 2.07. The molecule has 0 radical (unpaired) electrons. The number of pyridine rings is 1. The quantitative estimate of drug-likeness (QED) is 0.583. The lowest BCUT2D eigenvalue weighted by Crippen LogP contribution is -1.88. The van der Waals surface area contributed by atoms with E-state index in [2.05, 4.69) is 58.9 Å². The Hall–Kier alpha value is -2.46. The zero-order valence-electron chi connectivity index (χ0n) is 11.5. The van der Waals surface area contributed by atoms with Crippen LogP contribution in [-0.2, 0) is 0 Å². The summed E-state index contributed by atoms with van der Waals surface area (Å²) in [5.74, 6) is 0. The molecule has 0 fully saturated rings. The summed E-state index contributed by atoms with van der Waals surface area (Å²) in [6.45, 7) is 2.14. The molecule has 4 aromatic rings. The van der Waals surface area contributed by atoms with E-state index in [0.717, 1.165) is 22.5 Å². The maximum absolute atomic E-state index is 4.83. The van der Waals surface area contributed by atoms with E-state index in [4.69, 9.17) is 4.98 Å². The molecule has 3 nitrogen and oxygen atoms in total. The SMILES string of the molecule is Cc1cc(-c2cccs2)nc2cc(-c3ccn[nH]3)ccc12. The maximum Gasteiger partial charge on any atom is 0.0812 e. The number of aromatic amines is 1. The lowest BCUT2D eigenvalue weighted by molar-refractivity contribution is 1.10. The average Bonchev–Trinajstić information content (AvgIpc) is 3.20. The van der Waals surface area contributed by atoms with Crippen molar-refractivity contribution >= 4 is 22.2 Å². The third kappa shape index (κ3) is 2.14. The predicted octanol–water partition coefficient (Wildman–Crippen LogP) is 4.66. The van der Waals surface area contributed by atoms with Crippen molar-refractivity contribution in [1.29, 1.82) is 0 Å². The normalized spacial score (nSPS) is 11.1. The van der Waals surface area contributed by atoms with Gasteiger partial charge in [0.1, 0.15) is 0 Å². The molecule has 0 spiro atoms. The van der Waals surface area contributed by atoms with Crippen molar-refractivity contribution in [2.45, 2.75) is 6.92 Å². The van der Waals surface area contributed by atoms with Crippen molar-refractivity contribution in [3.63, 3.8) is 0 Å². The van der Waals surface area contributed by atoms with E-state index in [9.17, 15) is 0 Å². The number of thiophene rings is 1. The zero-order valence-corrected chi connectivity index (χ0v) is 12.3. The summed E-state index contributed by atoms with van der Waals surface area (Å²) in [4.78, 5) is 6.03. The Labute approximate surface area is 126 Å². The number of aryl methyl sites for hydroxylation is 1. The van der Waals surface area contributed by atoms with Crippen molar-refractivity contribution in [2.24, 2.45) is 0 Å². The second-order valence-electron chi connectivity index (χ2n) is 5.00. The van der Waals surface area contributed by atoms with Crippen LogP contribution < -0.4 is 0 Å². The largest absolute Gasteiger partial charge is 0.278 e. The minimum Gasteiger partial charge on any atom is -0.278 e. The van der Waals surface area contributed by atoms with Gasteiger partial charge in [0.05, 0.1) is 21.8 Å². The minimum absolute atomic E-state index is 1.01. The van der Waals surface area contributed by atoms with E-state index < -0.39 is 0 Å². The van der Waals surface area contributed by atoms with Gasteiger partial charge in [0.2, 0.25) is 0 Å². The Kier molecular flexibility index (Phi) is 2.82. The third-order valence-electron chi connectivity index (χ3n) is 3.60. The molecule has 0 amide bonds. The van der Waals surface area contributed by atoms with Crippen LogP contribution in [0.2, 0.25) is 0 Å². The van der Waals surface area contributed by atoms with Gasteiger partial charge in [-0.15, -0.1) is 11.3 Å². The summed E-state index contributed by atoms with van der Waals surface area (Å²) in [6.07, 6.45) is 1.76. The molecule has 3 aromatic heterocycles. The first-order valence-electron chi connectivity index (χ1n) is 6.76. The maximum atomic E-state index is 4.83. The topological polar surface area (TPSA) is 41.6 Å². The zero-order chi connectivity index (χ0) is 14.2. The smallest absolute Gasteiger partial charge is 0.0812 e. The Morgan fingerprint density at radius 2 is 2.05 bits per heavy atom. The van der Waals surface area contributed by atoms with Crippen LogP contribution in [0.3, 0.4) is 0 Å². The molecular weight excluding hydrogens is 278 g/mol. The molecule has 4 rings (SSSR count). The molecule has 0 atom stereocenters. The number of aromatic nitrogens is 3. The van der Waals surface area contributed by atoms with Crippen molar-refractivity contribution < 1.29 is 0 Å². The van der Waals surface area contributed by atoms with Gasteiger partial charge in [-0.2, -0.15) is 5.10 Å². The van der Waals surface area contributed by atoms with Crippen molar-refractivity contribution in [3.05, 3.63) is 59.6 Å². The van der Waals surface area contributed by atoms with Crippen LogP contribution in [0.15, 0.2) is 54.0 Å². The van der Waals surface area contributed by atoms with Gasteiger partial charge in [0.25, 0.3) is 0 Å². The van der Waals surface area contributed by atoms with Crippen LogP contribution >= 0.6 is 11.3 Å². The van der Waals surface area contributed by atoms with Gasteiger partial charge in [-0.3, -0.25) is 5.10 Å². The molecule has 0 aliphatic carbocycles. The highest BCUT2D eigenvalue weighted by atomic mass is 32.1. The molecule has 1 aromatic carbocycles. The Morgan fingerprint density at radius 3 is 2.81 bits per heavy atom. The number of hydrogen-bond donors (Lipinski definition) is 1. The summed E-state index contributed by atoms with van der Waals surface area (Å²) in [5, 5.41) is 10.3. The fraction of sp³-hybridized carbons (Fsp3) is 0.0588. The van der Waals surface area contributed by atoms with Crippen molar-refractivity contribution in [1.82, 2.24) is 15.2 Å². The number of hydrogen-bond acceptors (Lipinski definition) is 3. The second kappa shape index (κ2) is 4.82. The minimum atomic E-state index is 1.01. The number of H-pyrrole nitrogens is 1. The van der Waals surface area contributed by atoms with Gasteiger partial charge in [-0.1, -0.05) is 18.2 Å². The highest BCUT2D eigenvalue weighted by molar-refractivity contribution is 7.13. The molecule has 3 heterocycles. The van der Waals surface area contributed by atoms with Crippen LogP contribution in [0.1, 0.15) is 5.56 Å². The second-order valence-corrected chi connectivity index (χ2v) is 5.95. The van der Waals surface area contributed by atoms with Gasteiger partial charge >= 0.3 is 0 Å². The summed E-state index contributed by atoms with van der Waals surface area (Å²) in [6, 6.07) is 14.6. The van der Waals surface area contributed by atoms with E-state index in [1.54, 1.807) is 17.5 Å². The number of rotatable bonds is 2. The Balaban J connectivity index is 1.93. The summed E-state index contributed by atoms with van der Waals surface area (Å²) >= 11 is 1.72. The average molecular weight is 291 g/mol. The molecular formula is C17H13N3S. The van der Waals surface area contributed by atoms with Crippen molar-refractivity contribution in [3.8, 4) is 21.8 Å². The van der Waals surface area contributed by atoms with Crippen LogP contribution in [0.4, 0.5) is 0 Å². The molecule has 0 aliphatic heterocycles. The first kappa shape index (κ1) is 12.3. The molecule has 0 bridgehead atoms. The van der Waals surface area contributed by atoms with Gasteiger partial charge in [-0.05, 0) is 42.1 Å². The first-order valence-corrected chi connectivity index (χ1v) is 7.64. The summed E-state index contributed by atoms with van der Waals surface area (Å²) in [5.41, 5.74) is 5.43. The molecule has 102 valence electrons. The summed E-state index contributed by atoms with van der Waals surface area (Å²) in [7, 11) is 0. The van der Waals surface area contributed by atoms with Gasteiger partial charge in [-0.25, -0.2) is 4.98 Å². The Morgan fingerprint density at radius 1 is 1.10 bits per heavy atom. The molecule has 1 N–H and O–H groups in total. The Bertz CT molecular complexity index is 888. The first-order chi connectivity index (χ1) is 10.3. The van der Waals surface area contributed by atoms with Gasteiger partial charge in [0, 0.05) is 17.1 Å². The standard InChI is InChI=1S/C17H13N3S/c1-11-9-16(17-3-2-8-21-17)19-15-10-12(4-5-13(11)15)14-6-7-18-20-14/h2-10H,1H3,(H,18,20). The van der Waals surface area contributed by atoms with Gasteiger partial charge in [0.15, 0.2) is 0 Å². The predicted molar refractivity (Wildman–Crippen MR) is 87.4 cm³/mol. The molecule has 0 saturated heterocycles. The van der Waals surface area contributed by atoms with E-state index in [1.165, 1.54) is 15.8 Å². The lowest BCUT2D eigenvalue weighted by atomic mass is 10.0. The van der Waals surface area contributed by atoms with Gasteiger partial charge < -0.3 is 0 Å². The molecule has 21 heavy (non-hydrogen) atoms. The third-order valence-corrected chi connectivity index (χ3v) is 4.49. The van der Waals surface area contributed by atoms with Crippen LogP contribution in [-0.4, -0.2) is 15.2 Å². The van der Waals surface area contributed by atoms with Crippen LogP contribution in [0, 0.1) is 6.92 Å². The lowest BCUT2D eigenvalue weighted by Gasteiger charge is -2.07. The monoisotopic (exact) mass is 291 g/mol. The fourth-order valence-corrected chi connectivity index (χ4v) is 3.22. The van der Waals surface area contributed by atoms with Crippen LogP contribution in [0.5, 0.6) is 0 Å². The molecule has 4 heteroatoms. The molecule has 0 saturated carbocycles. The van der Waals surface area contributed by atoms with E-state index in [0.29, 0.717) is 0 Å². The van der Waals surface area contributed by atoms with Crippen molar-refractivity contribution in [2.75, 3.05) is 0 Å². The number of benzene rings is 1. The molecule has 0 unspecified atom stereocenters. The number of nitrogens with one attached hydrogen (secondary N) is 1. The van der Waals surface area contributed by atoms with E-state index >= 15 is 0 Å². The number of fused-ring (bicyclic) bond motifs is 1. The molecule has 0 aliphatic rings. The summed E-state index contributed by atoms with van der Waals surface area (Å²) < 4.78 is 0. The van der Waals surface area contributed by atoms with E-state index in [-0.39, 0.29) is 0 Å². The van der Waals surface area contributed by atoms with E-state index in [1.807, 2.05) is 6.07 Å². The highest BCUT2D eigenvalue weighted by Crippen LogP contribution is 2.29. The number of nitrogens with zero attached hydrogens (tertiary/aromatic N) is 2. The van der Waals surface area contributed by atoms with Crippen LogP contribution in [0.25, 0.3) is 32.7 Å².